The molecule has 1 saturated carbocycles. The van der Waals surface area contributed by atoms with E-state index in [1.165, 1.54) is 12.3 Å². The molecule has 0 aliphatic heterocycles. The maximum absolute atomic E-state index is 13.9. The van der Waals surface area contributed by atoms with Crippen LogP contribution in [0.3, 0.4) is 0 Å². The number of hydrogen-bond donors (Lipinski definition) is 2. The highest BCUT2D eigenvalue weighted by atomic mass is 19.1. The summed E-state index contributed by atoms with van der Waals surface area (Å²) in [6, 6.07) is 1.74. The third kappa shape index (κ3) is 2.15. The minimum atomic E-state index is -0.481. The summed E-state index contributed by atoms with van der Waals surface area (Å²) in [5, 5.41) is 17.9. The predicted molar refractivity (Wildman–Crippen MR) is 57.6 cm³/mol. The topological polar surface area (TPSA) is 56.6 Å². The van der Waals surface area contributed by atoms with Crippen LogP contribution >= 0.6 is 0 Å². The summed E-state index contributed by atoms with van der Waals surface area (Å²) in [4.78, 5) is 5.77. The number of aliphatic hydroxyl groups is 2. The summed E-state index contributed by atoms with van der Waals surface area (Å²) < 4.78 is 13.9. The van der Waals surface area contributed by atoms with E-state index in [9.17, 15) is 4.39 Å². The van der Waals surface area contributed by atoms with E-state index >= 15 is 0 Å². The second kappa shape index (κ2) is 4.76. The minimum absolute atomic E-state index is 0.0268. The van der Waals surface area contributed by atoms with Crippen LogP contribution in [0.5, 0.6) is 0 Å². The van der Waals surface area contributed by atoms with Gasteiger partial charge in [0.1, 0.15) is 0 Å². The monoisotopic (exact) mass is 226 g/mol. The first-order valence-electron chi connectivity index (χ1n) is 5.39. The average molecular weight is 226 g/mol. The Bertz CT molecular complexity index is 369. The third-order valence-corrected chi connectivity index (χ3v) is 2.72. The summed E-state index contributed by atoms with van der Waals surface area (Å²) >= 11 is 0. The van der Waals surface area contributed by atoms with Gasteiger partial charge in [-0.15, -0.1) is 0 Å². The van der Waals surface area contributed by atoms with Crippen LogP contribution in [0.4, 0.5) is 10.2 Å². The van der Waals surface area contributed by atoms with E-state index in [-0.39, 0.29) is 30.6 Å². The summed E-state index contributed by atoms with van der Waals surface area (Å²) in [5.74, 6) is -0.242. The van der Waals surface area contributed by atoms with Gasteiger partial charge >= 0.3 is 0 Å². The molecule has 1 aliphatic carbocycles. The summed E-state index contributed by atoms with van der Waals surface area (Å²) in [6.45, 7) is 0.0173. The van der Waals surface area contributed by atoms with Gasteiger partial charge in [-0.3, -0.25) is 0 Å². The fourth-order valence-corrected chi connectivity index (χ4v) is 1.75. The summed E-state index contributed by atoms with van der Waals surface area (Å²) in [5.41, 5.74) is 0.244. The molecule has 0 atom stereocenters. The van der Waals surface area contributed by atoms with Crippen molar-refractivity contribution in [2.75, 3.05) is 18.1 Å². The molecule has 0 unspecified atom stereocenters. The molecule has 2 rings (SSSR count). The van der Waals surface area contributed by atoms with Crippen molar-refractivity contribution in [2.45, 2.75) is 25.5 Å². The summed E-state index contributed by atoms with van der Waals surface area (Å²) in [6.07, 6.45) is 3.49. The molecule has 0 bridgehead atoms. The van der Waals surface area contributed by atoms with Gasteiger partial charge in [-0.2, -0.15) is 0 Å². The van der Waals surface area contributed by atoms with Gasteiger partial charge in [0.25, 0.3) is 0 Å². The third-order valence-electron chi connectivity index (χ3n) is 2.72. The highest BCUT2D eigenvalue weighted by Crippen LogP contribution is 2.32. The zero-order valence-electron chi connectivity index (χ0n) is 8.93. The smallest absolute Gasteiger partial charge is 0.171 e. The van der Waals surface area contributed by atoms with Crippen LogP contribution in [0.2, 0.25) is 0 Å². The highest BCUT2D eigenvalue weighted by Gasteiger charge is 2.31. The molecule has 0 amide bonds. The van der Waals surface area contributed by atoms with Gasteiger partial charge < -0.3 is 15.1 Å². The Morgan fingerprint density at radius 2 is 2.19 bits per heavy atom. The Morgan fingerprint density at radius 3 is 2.75 bits per heavy atom. The first kappa shape index (κ1) is 11.3. The van der Waals surface area contributed by atoms with Crippen molar-refractivity contribution >= 4 is 5.82 Å². The Kier molecular flexibility index (Phi) is 3.36. The van der Waals surface area contributed by atoms with Gasteiger partial charge in [0.15, 0.2) is 11.6 Å². The van der Waals surface area contributed by atoms with Gasteiger partial charge in [-0.25, -0.2) is 9.37 Å². The number of rotatable bonds is 5. The molecule has 1 aromatic heterocycles. The Morgan fingerprint density at radius 1 is 1.44 bits per heavy atom. The van der Waals surface area contributed by atoms with E-state index in [4.69, 9.17) is 10.2 Å². The molecule has 1 heterocycles. The van der Waals surface area contributed by atoms with Gasteiger partial charge in [0.2, 0.25) is 0 Å². The lowest BCUT2D eigenvalue weighted by molar-refractivity contribution is 0.275. The van der Waals surface area contributed by atoms with E-state index in [1.54, 1.807) is 4.90 Å². The molecule has 16 heavy (non-hydrogen) atoms. The minimum Gasteiger partial charge on any atom is -0.395 e. The lowest BCUT2D eigenvalue weighted by atomic mass is 10.2. The number of hydrogen-bond acceptors (Lipinski definition) is 4. The zero-order valence-corrected chi connectivity index (χ0v) is 8.93. The first-order chi connectivity index (χ1) is 7.77. The fraction of sp³-hybridized carbons (Fsp3) is 0.545. The normalized spacial score (nSPS) is 15.2. The van der Waals surface area contributed by atoms with E-state index in [2.05, 4.69) is 4.98 Å². The fourth-order valence-electron chi connectivity index (χ4n) is 1.75. The van der Waals surface area contributed by atoms with Crippen molar-refractivity contribution in [1.29, 1.82) is 0 Å². The van der Waals surface area contributed by atoms with Crippen LogP contribution in [0.15, 0.2) is 12.3 Å². The van der Waals surface area contributed by atoms with Crippen LogP contribution in [0.1, 0.15) is 18.4 Å². The second-order valence-electron chi connectivity index (χ2n) is 3.91. The molecule has 1 aromatic rings. The van der Waals surface area contributed by atoms with Crippen molar-refractivity contribution in [3.8, 4) is 0 Å². The standard InChI is InChI=1S/C11H15FN2O2/c12-10-8(7-16)3-4-13-11(10)14(5-6-15)9-1-2-9/h3-4,9,15-16H,1-2,5-7H2. The predicted octanol–water partition coefficient (Wildman–Crippen LogP) is 0.674. The molecule has 1 aliphatic rings. The van der Waals surface area contributed by atoms with Crippen LogP contribution in [-0.2, 0) is 6.61 Å². The second-order valence-corrected chi connectivity index (χ2v) is 3.91. The Labute approximate surface area is 93.3 Å². The zero-order chi connectivity index (χ0) is 11.5. The number of halogens is 1. The lowest BCUT2D eigenvalue weighted by Gasteiger charge is -2.23. The molecule has 88 valence electrons. The Balaban J connectivity index is 2.29. The molecule has 2 N–H and O–H groups in total. The largest absolute Gasteiger partial charge is 0.395 e. The average Bonchev–Trinajstić information content (AvgIpc) is 3.11. The lowest BCUT2D eigenvalue weighted by Crippen LogP contribution is -2.30. The number of aromatic nitrogens is 1. The van der Waals surface area contributed by atoms with Crippen LogP contribution < -0.4 is 4.90 Å². The number of nitrogens with zero attached hydrogens (tertiary/aromatic N) is 2. The highest BCUT2D eigenvalue weighted by molar-refractivity contribution is 5.45. The molecular formula is C11H15FN2O2. The van der Waals surface area contributed by atoms with Crippen molar-refractivity contribution in [2.24, 2.45) is 0 Å². The van der Waals surface area contributed by atoms with Crippen LogP contribution in [0.25, 0.3) is 0 Å². The number of pyridine rings is 1. The van der Waals surface area contributed by atoms with Crippen molar-refractivity contribution in [3.63, 3.8) is 0 Å². The van der Waals surface area contributed by atoms with E-state index < -0.39 is 5.82 Å². The Hall–Kier alpha value is -1.20. The van der Waals surface area contributed by atoms with Gasteiger partial charge in [0, 0.05) is 24.3 Å². The molecule has 0 aromatic carbocycles. The summed E-state index contributed by atoms with van der Waals surface area (Å²) in [7, 11) is 0. The van der Waals surface area contributed by atoms with E-state index in [1.807, 2.05) is 0 Å². The van der Waals surface area contributed by atoms with E-state index in [0.717, 1.165) is 12.8 Å². The maximum Gasteiger partial charge on any atom is 0.171 e. The maximum atomic E-state index is 13.9. The van der Waals surface area contributed by atoms with Crippen molar-refractivity contribution < 1.29 is 14.6 Å². The van der Waals surface area contributed by atoms with Crippen molar-refractivity contribution in [3.05, 3.63) is 23.6 Å². The van der Waals surface area contributed by atoms with Gasteiger partial charge in [-0.1, -0.05) is 0 Å². The molecule has 1 fully saturated rings. The molecule has 5 heteroatoms. The molecule has 0 saturated heterocycles. The SMILES string of the molecule is OCCN(c1nccc(CO)c1F)C1CC1. The quantitative estimate of drug-likeness (QED) is 0.775. The number of anilines is 1. The molecule has 4 nitrogen and oxygen atoms in total. The van der Waals surface area contributed by atoms with E-state index in [0.29, 0.717) is 6.54 Å². The van der Waals surface area contributed by atoms with Gasteiger partial charge in [-0.05, 0) is 18.9 Å². The first-order valence-corrected chi connectivity index (χ1v) is 5.39. The molecule has 0 spiro atoms. The van der Waals surface area contributed by atoms with Crippen molar-refractivity contribution in [1.82, 2.24) is 4.98 Å². The van der Waals surface area contributed by atoms with Crippen LogP contribution in [0, 0.1) is 5.82 Å². The molecule has 0 radical (unpaired) electrons. The van der Waals surface area contributed by atoms with Crippen LogP contribution in [-0.4, -0.2) is 34.4 Å². The molecular weight excluding hydrogens is 211 g/mol. The van der Waals surface area contributed by atoms with Gasteiger partial charge in [0.05, 0.1) is 13.2 Å². The number of aliphatic hydroxyl groups excluding tert-OH is 2.